The number of nitrogens with two attached hydrogens (primary N) is 1. The summed E-state index contributed by atoms with van der Waals surface area (Å²) in [6, 6.07) is 9.70. The van der Waals surface area contributed by atoms with Gasteiger partial charge < -0.3 is 15.6 Å². The fraction of sp³-hybridized carbons (Fsp3) is 0.435. The topological polar surface area (TPSA) is 100 Å². The zero-order chi connectivity index (χ0) is 21.4. The standard InChI is InChI=1S/C23H28N6O2/c24-18-8-11-25-15-17(18)22(30)28-12-4-3-7-21(28)27-13-9-16(10-14-27)29-20-6-2-1-5-19(20)26-23(29)31/h1-2,5-6,8,11,15-16,21H,3-4,7,9-10,12-14H2,(H2,24,25)(H,26,31). The SMILES string of the molecule is Nc1ccncc1C(=O)N1CCCCC1N1CCC(n2c(=O)[nH]c3ccccc32)CC1. The molecule has 5 rings (SSSR count). The predicted molar refractivity (Wildman–Crippen MR) is 120 cm³/mol. The highest BCUT2D eigenvalue weighted by molar-refractivity contribution is 5.98. The first-order valence-electron chi connectivity index (χ1n) is 11.1. The second-order valence-electron chi connectivity index (χ2n) is 8.52. The molecule has 0 bridgehead atoms. The Morgan fingerprint density at radius 1 is 1.06 bits per heavy atom. The Balaban J connectivity index is 1.33. The van der Waals surface area contributed by atoms with Gasteiger partial charge in [-0.05, 0) is 50.3 Å². The molecule has 8 nitrogen and oxygen atoms in total. The van der Waals surface area contributed by atoms with E-state index in [2.05, 4.69) is 14.9 Å². The minimum absolute atomic E-state index is 0.0368. The fourth-order valence-corrected chi connectivity index (χ4v) is 5.15. The van der Waals surface area contributed by atoms with Crippen LogP contribution in [0.5, 0.6) is 0 Å². The quantitative estimate of drug-likeness (QED) is 0.678. The summed E-state index contributed by atoms with van der Waals surface area (Å²) in [5.74, 6) is -0.0368. The van der Waals surface area contributed by atoms with Gasteiger partial charge in [0.2, 0.25) is 0 Å². The summed E-state index contributed by atoms with van der Waals surface area (Å²) in [7, 11) is 0. The van der Waals surface area contributed by atoms with Crippen LogP contribution in [0.1, 0.15) is 48.5 Å². The highest BCUT2D eigenvalue weighted by atomic mass is 16.2. The molecule has 8 heteroatoms. The van der Waals surface area contributed by atoms with Crippen LogP contribution in [0.15, 0.2) is 47.5 Å². The molecule has 0 radical (unpaired) electrons. The first kappa shape index (κ1) is 19.8. The van der Waals surface area contributed by atoms with E-state index in [9.17, 15) is 9.59 Å². The number of piperidine rings is 2. The molecule has 2 aliphatic rings. The highest BCUT2D eigenvalue weighted by Crippen LogP contribution is 2.30. The number of H-pyrrole nitrogens is 1. The van der Waals surface area contributed by atoms with Crippen LogP contribution in [-0.4, -0.2) is 56.0 Å². The number of hydrogen-bond acceptors (Lipinski definition) is 5. The maximum atomic E-state index is 13.2. The number of likely N-dealkylation sites (tertiary alicyclic amines) is 2. The summed E-state index contributed by atoms with van der Waals surface area (Å²) >= 11 is 0. The van der Waals surface area contributed by atoms with Crippen LogP contribution < -0.4 is 11.4 Å². The lowest BCUT2D eigenvalue weighted by Gasteiger charge is -2.45. The van der Waals surface area contributed by atoms with Crippen molar-refractivity contribution >= 4 is 22.6 Å². The number of aromatic nitrogens is 3. The number of rotatable bonds is 3. The summed E-state index contributed by atoms with van der Waals surface area (Å²) in [5.41, 5.74) is 8.81. The molecule has 2 aromatic heterocycles. The number of benzene rings is 1. The average molecular weight is 421 g/mol. The zero-order valence-electron chi connectivity index (χ0n) is 17.5. The molecule has 0 aliphatic carbocycles. The van der Waals surface area contributed by atoms with E-state index in [1.165, 1.54) is 0 Å². The van der Waals surface area contributed by atoms with Crippen molar-refractivity contribution in [3.63, 3.8) is 0 Å². The van der Waals surface area contributed by atoms with E-state index < -0.39 is 0 Å². The number of nitrogens with zero attached hydrogens (tertiary/aromatic N) is 4. The number of nitrogens with one attached hydrogen (secondary N) is 1. The van der Waals surface area contributed by atoms with Gasteiger partial charge in [-0.1, -0.05) is 12.1 Å². The number of imidazole rings is 1. The van der Waals surface area contributed by atoms with Gasteiger partial charge in [-0.15, -0.1) is 0 Å². The average Bonchev–Trinajstić information content (AvgIpc) is 3.15. The molecule has 0 saturated carbocycles. The summed E-state index contributed by atoms with van der Waals surface area (Å²) in [5, 5.41) is 0. The summed E-state index contributed by atoms with van der Waals surface area (Å²) in [6.07, 6.45) is 8.09. The van der Waals surface area contributed by atoms with E-state index in [1.807, 2.05) is 33.7 Å². The van der Waals surface area contributed by atoms with Gasteiger partial charge in [0.05, 0.1) is 22.8 Å². The second-order valence-corrected chi connectivity index (χ2v) is 8.52. The van der Waals surface area contributed by atoms with Crippen molar-refractivity contribution in [2.24, 2.45) is 0 Å². The number of pyridine rings is 1. The molecule has 2 saturated heterocycles. The lowest BCUT2D eigenvalue weighted by Crippen LogP contribution is -2.55. The Hall–Kier alpha value is -3.13. The molecule has 162 valence electrons. The number of aromatic amines is 1. The Bertz CT molecular complexity index is 1140. The maximum Gasteiger partial charge on any atom is 0.326 e. The summed E-state index contributed by atoms with van der Waals surface area (Å²) in [4.78, 5) is 37.3. The van der Waals surface area contributed by atoms with Crippen LogP contribution >= 0.6 is 0 Å². The molecule has 2 aliphatic heterocycles. The lowest BCUT2D eigenvalue weighted by atomic mass is 9.99. The predicted octanol–water partition coefficient (Wildman–Crippen LogP) is 2.60. The van der Waals surface area contributed by atoms with Crippen LogP contribution in [0, 0.1) is 0 Å². The van der Waals surface area contributed by atoms with Gasteiger partial charge in [0, 0.05) is 43.8 Å². The molecule has 4 heterocycles. The number of amides is 1. The van der Waals surface area contributed by atoms with Crippen molar-refractivity contribution in [3.8, 4) is 0 Å². The van der Waals surface area contributed by atoms with Crippen LogP contribution in [0.25, 0.3) is 11.0 Å². The molecule has 1 unspecified atom stereocenters. The normalized spacial score (nSPS) is 20.9. The van der Waals surface area contributed by atoms with E-state index in [-0.39, 0.29) is 23.8 Å². The monoisotopic (exact) mass is 420 g/mol. The minimum Gasteiger partial charge on any atom is -0.398 e. The molecule has 1 aromatic carbocycles. The van der Waals surface area contributed by atoms with Crippen molar-refractivity contribution in [1.82, 2.24) is 24.3 Å². The molecular formula is C23H28N6O2. The zero-order valence-corrected chi connectivity index (χ0v) is 17.5. The first-order valence-corrected chi connectivity index (χ1v) is 11.1. The van der Waals surface area contributed by atoms with Gasteiger partial charge in [-0.25, -0.2) is 4.79 Å². The Labute approximate surface area is 180 Å². The molecular weight excluding hydrogens is 392 g/mol. The molecule has 0 spiro atoms. The van der Waals surface area contributed by atoms with Crippen LogP contribution in [0.4, 0.5) is 5.69 Å². The molecule has 1 amide bonds. The van der Waals surface area contributed by atoms with Crippen molar-refractivity contribution in [2.75, 3.05) is 25.4 Å². The number of carbonyl (C=O) groups excluding carboxylic acids is 1. The fourth-order valence-electron chi connectivity index (χ4n) is 5.15. The molecule has 1 atom stereocenters. The number of fused-ring (bicyclic) bond motifs is 1. The van der Waals surface area contributed by atoms with Crippen LogP contribution in [0.3, 0.4) is 0 Å². The first-order chi connectivity index (χ1) is 15.1. The van der Waals surface area contributed by atoms with Crippen molar-refractivity contribution < 1.29 is 4.79 Å². The van der Waals surface area contributed by atoms with E-state index in [4.69, 9.17) is 5.73 Å². The van der Waals surface area contributed by atoms with Crippen molar-refractivity contribution in [2.45, 2.75) is 44.3 Å². The van der Waals surface area contributed by atoms with Gasteiger partial charge in [0.1, 0.15) is 0 Å². The smallest absolute Gasteiger partial charge is 0.326 e. The van der Waals surface area contributed by atoms with Crippen LogP contribution in [0.2, 0.25) is 0 Å². The highest BCUT2D eigenvalue weighted by Gasteiger charge is 2.35. The number of anilines is 1. The summed E-state index contributed by atoms with van der Waals surface area (Å²) in [6.45, 7) is 2.45. The third kappa shape index (κ3) is 3.61. The van der Waals surface area contributed by atoms with E-state index in [1.54, 1.807) is 18.5 Å². The molecule has 3 aromatic rings. The Morgan fingerprint density at radius 2 is 1.87 bits per heavy atom. The van der Waals surface area contributed by atoms with E-state index >= 15 is 0 Å². The number of hydrogen-bond donors (Lipinski definition) is 2. The van der Waals surface area contributed by atoms with Gasteiger partial charge in [0.25, 0.3) is 5.91 Å². The Kier molecular flexibility index (Phi) is 5.23. The molecule has 3 N–H and O–H groups in total. The van der Waals surface area contributed by atoms with Gasteiger partial charge in [-0.2, -0.15) is 0 Å². The van der Waals surface area contributed by atoms with E-state index in [0.717, 1.165) is 62.8 Å². The lowest BCUT2D eigenvalue weighted by molar-refractivity contribution is 0.00125. The van der Waals surface area contributed by atoms with Crippen molar-refractivity contribution in [1.29, 1.82) is 0 Å². The third-order valence-corrected chi connectivity index (χ3v) is 6.73. The minimum atomic E-state index is -0.0406. The maximum absolute atomic E-state index is 13.2. The van der Waals surface area contributed by atoms with E-state index in [0.29, 0.717) is 11.3 Å². The molecule has 2 fully saturated rings. The number of nitrogen functional groups attached to an aromatic ring is 1. The number of carbonyl (C=O) groups is 1. The van der Waals surface area contributed by atoms with Crippen LogP contribution in [-0.2, 0) is 0 Å². The largest absolute Gasteiger partial charge is 0.398 e. The molecule has 31 heavy (non-hydrogen) atoms. The third-order valence-electron chi connectivity index (χ3n) is 6.73. The number of para-hydroxylation sites is 2. The van der Waals surface area contributed by atoms with Crippen molar-refractivity contribution in [3.05, 3.63) is 58.8 Å². The second kappa shape index (κ2) is 8.19. The van der Waals surface area contributed by atoms with Gasteiger partial charge in [-0.3, -0.25) is 19.2 Å². The summed E-state index contributed by atoms with van der Waals surface area (Å²) < 4.78 is 1.91. The van der Waals surface area contributed by atoms with Gasteiger partial charge >= 0.3 is 5.69 Å². The Morgan fingerprint density at radius 3 is 2.68 bits per heavy atom. The van der Waals surface area contributed by atoms with Gasteiger partial charge in [0.15, 0.2) is 0 Å².